The Balaban J connectivity index is 1.58. The van der Waals surface area contributed by atoms with Gasteiger partial charge in [0.2, 0.25) is 0 Å². The largest absolute Gasteiger partial charge is 0.483 e. The molecule has 2 aromatic carbocycles. The maximum Gasteiger partial charge on any atom is 0.258 e. The molecule has 3 aromatic rings. The van der Waals surface area contributed by atoms with E-state index in [1.807, 2.05) is 66.9 Å². The molecule has 1 aromatic heterocycles. The summed E-state index contributed by atoms with van der Waals surface area (Å²) in [7, 11) is 0. The number of amides is 1. The summed E-state index contributed by atoms with van der Waals surface area (Å²) in [5.74, 6) is 0.640. The maximum atomic E-state index is 12.2. The van der Waals surface area contributed by atoms with E-state index in [0.29, 0.717) is 0 Å². The van der Waals surface area contributed by atoms with Gasteiger partial charge in [0.25, 0.3) is 5.91 Å². The van der Waals surface area contributed by atoms with Gasteiger partial charge < -0.3 is 10.1 Å². The van der Waals surface area contributed by atoms with Crippen LogP contribution in [0.4, 0.5) is 0 Å². The van der Waals surface area contributed by atoms with E-state index in [1.54, 1.807) is 11.3 Å². The van der Waals surface area contributed by atoms with Gasteiger partial charge in [-0.15, -0.1) is 11.3 Å². The second kappa shape index (κ2) is 8.49. The number of thiophene rings is 1. The van der Waals surface area contributed by atoms with E-state index in [0.717, 1.165) is 22.6 Å². The Bertz CT molecular complexity index is 800. The third-order valence-electron chi connectivity index (χ3n) is 3.92. The van der Waals surface area contributed by atoms with Crippen molar-refractivity contribution in [2.75, 3.05) is 6.61 Å². The molecule has 0 bridgehead atoms. The van der Waals surface area contributed by atoms with Gasteiger partial charge in [-0.05, 0) is 35.6 Å². The molecule has 1 amide bonds. The highest BCUT2D eigenvalue weighted by Gasteiger charge is 2.12. The average Bonchev–Trinajstić information content (AvgIpc) is 3.17. The number of nitrogens with one attached hydrogen (secondary N) is 1. The number of rotatable bonds is 7. The molecule has 1 heterocycles. The van der Waals surface area contributed by atoms with Crippen molar-refractivity contribution in [1.29, 1.82) is 0 Å². The molecule has 0 aliphatic carbocycles. The molecule has 128 valence electrons. The number of hydrogen-bond donors (Lipinski definition) is 1. The zero-order chi connectivity index (χ0) is 17.5. The van der Waals surface area contributed by atoms with Gasteiger partial charge in [-0.25, -0.2) is 0 Å². The molecule has 1 atom stereocenters. The highest BCUT2D eigenvalue weighted by Crippen LogP contribution is 2.22. The fraction of sp³-hybridized carbons (Fsp3) is 0.190. The van der Waals surface area contributed by atoms with Gasteiger partial charge in [-0.3, -0.25) is 4.79 Å². The maximum absolute atomic E-state index is 12.2. The summed E-state index contributed by atoms with van der Waals surface area (Å²) in [6, 6.07) is 22.1. The van der Waals surface area contributed by atoms with E-state index in [1.165, 1.54) is 5.56 Å². The molecule has 0 aliphatic rings. The minimum absolute atomic E-state index is 0.00402. The van der Waals surface area contributed by atoms with Crippen LogP contribution in [0.1, 0.15) is 29.0 Å². The van der Waals surface area contributed by atoms with Gasteiger partial charge in [-0.2, -0.15) is 0 Å². The van der Waals surface area contributed by atoms with Crippen molar-refractivity contribution in [3.8, 4) is 5.75 Å². The zero-order valence-corrected chi connectivity index (χ0v) is 15.0. The van der Waals surface area contributed by atoms with E-state index in [4.69, 9.17) is 4.74 Å². The molecule has 3 rings (SSSR count). The molecule has 3 nitrogen and oxygen atoms in total. The predicted octanol–water partition coefficient (Wildman–Crippen LogP) is 4.60. The van der Waals surface area contributed by atoms with Crippen LogP contribution in [0, 0.1) is 0 Å². The van der Waals surface area contributed by atoms with Crippen LogP contribution in [-0.4, -0.2) is 12.5 Å². The predicted molar refractivity (Wildman–Crippen MR) is 102 cm³/mol. The number of ether oxygens (including phenoxy) is 1. The summed E-state index contributed by atoms with van der Waals surface area (Å²) in [6.45, 7) is 1.99. The Hall–Kier alpha value is -2.59. The van der Waals surface area contributed by atoms with Crippen molar-refractivity contribution in [1.82, 2.24) is 5.32 Å². The van der Waals surface area contributed by atoms with E-state index in [9.17, 15) is 4.79 Å². The van der Waals surface area contributed by atoms with Crippen LogP contribution in [0.15, 0.2) is 72.1 Å². The van der Waals surface area contributed by atoms with Crippen molar-refractivity contribution in [2.45, 2.75) is 19.4 Å². The lowest BCUT2D eigenvalue weighted by molar-refractivity contribution is -0.123. The van der Waals surface area contributed by atoms with Gasteiger partial charge in [0, 0.05) is 11.3 Å². The summed E-state index contributed by atoms with van der Waals surface area (Å²) in [5, 5.41) is 4.98. The van der Waals surface area contributed by atoms with Crippen molar-refractivity contribution < 1.29 is 9.53 Å². The molecule has 1 unspecified atom stereocenters. The fourth-order valence-electron chi connectivity index (χ4n) is 2.64. The van der Waals surface area contributed by atoms with Crippen molar-refractivity contribution >= 4 is 17.2 Å². The lowest BCUT2D eigenvalue weighted by atomic mass is 10.0. The van der Waals surface area contributed by atoms with Crippen LogP contribution in [0.5, 0.6) is 5.75 Å². The van der Waals surface area contributed by atoms with Crippen LogP contribution in [0.3, 0.4) is 0 Å². The van der Waals surface area contributed by atoms with Crippen LogP contribution in [0.25, 0.3) is 0 Å². The molecule has 0 radical (unpaired) electrons. The first kappa shape index (κ1) is 17.2. The fourth-order valence-corrected chi connectivity index (χ4v) is 3.38. The molecule has 4 heteroatoms. The quantitative estimate of drug-likeness (QED) is 0.676. The van der Waals surface area contributed by atoms with E-state index >= 15 is 0 Å². The third-order valence-corrected chi connectivity index (χ3v) is 4.97. The molecular formula is C21H21NO2S. The second-order valence-electron chi connectivity index (χ2n) is 5.86. The highest BCUT2D eigenvalue weighted by atomic mass is 32.1. The van der Waals surface area contributed by atoms with E-state index in [2.05, 4.69) is 17.4 Å². The van der Waals surface area contributed by atoms with Crippen LogP contribution >= 0.6 is 11.3 Å². The molecule has 0 saturated carbocycles. The number of para-hydroxylation sites is 1. The number of hydrogen-bond acceptors (Lipinski definition) is 3. The lowest BCUT2D eigenvalue weighted by Gasteiger charge is -2.14. The number of carbonyl (C=O) groups excluding carboxylic acids is 1. The SMILES string of the molecule is CC(NC(=O)COc1ccccc1Cc1ccccc1)c1cccs1. The van der Waals surface area contributed by atoms with Crippen molar-refractivity contribution in [2.24, 2.45) is 0 Å². The summed E-state index contributed by atoms with van der Waals surface area (Å²) in [4.78, 5) is 13.3. The van der Waals surface area contributed by atoms with Crippen LogP contribution < -0.4 is 10.1 Å². The van der Waals surface area contributed by atoms with Crippen molar-refractivity contribution in [3.05, 3.63) is 88.1 Å². The highest BCUT2D eigenvalue weighted by molar-refractivity contribution is 7.10. The van der Waals surface area contributed by atoms with Gasteiger partial charge >= 0.3 is 0 Å². The molecule has 0 saturated heterocycles. The van der Waals surface area contributed by atoms with E-state index < -0.39 is 0 Å². The average molecular weight is 351 g/mol. The molecule has 0 aliphatic heterocycles. The normalized spacial score (nSPS) is 11.7. The number of carbonyl (C=O) groups is 1. The Morgan fingerprint density at radius 3 is 2.56 bits per heavy atom. The van der Waals surface area contributed by atoms with Crippen LogP contribution in [0.2, 0.25) is 0 Å². The first-order valence-electron chi connectivity index (χ1n) is 8.30. The third kappa shape index (κ3) is 4.94. The van der Waals surface area contributed by atoms with Gasteiger partial charge in [-0.1, -0.05) is 54.6 Å². The summed E-state index contributed by atoms with van der Waals surface area (Å²) < 4.78 is 5.78. The first-order chi connectivity index (χ1) is 12.2. The first-order valence-corrected chi connectivity index (χ1v) is 9.18. The van der Waals surface area contributed by atoms with Crippen LogP contribution in [-0.2, 0) is 11.2 Å². The topological polar surface area (TPSA) is 38.3 Å². The summed E-state index contributed by atoms with van der Waals surface area (Å²) >= 11 is 1.64. The lowest BCUT2D eigenvalue weighted by Crippen LogP contribution is -2.31. The van der Waals surface area contributed by atoms with Gasteiger partial charge in [0.05, 0.1) is 6.04 Å². The Kier molecular flexibility index (Phi) is 5.86. The molecule has 25 heavy (non-hydrogen) atoms. The minimum Gasteiger partial charge on any atom is -0.483 e. The Labute approximate surface area is 152 Å². The molecular weight excluding hydrogens is 330 g/mol. The summed E-state index contributed by atoms with van der Waals surface area (Å²) in [6.07, 6.45) is 0.782. The van der Waals surface area contributed by atoms with Gasteiger partial charge in [0.1, 0.15) is 5.75 Å². The molecule has 1 N–H and O–H groups in total. The molecule has 0 fully saturated rings. The number of benzene rings is 2. The van der Waals surface area contributed by atoms with Crippen molar-refractivity contribution in [3.63, 3.8) is 0 Å². The monoisotopic (exact) mass is 351 g/mol. The molecule has 0 spiro atoms. The van der Waals surface area contributed by atoms with E-state index in [-0.39, 0.29) is 18.6 Å². The Morgan fingerprint density at radius 1 is 1.04 bits per heavy atom. The zero-order valence-electron chi connectivity index (χ0n) is 14.1. The summed E-state index contributed by atoms with van der Waals surface area (Å²) in [5.41, 5.74) is 2.29. The Morgan fingerprint density at radius 2 is 1.80 bits per heavy atom. The minimum atomic E-state index is -0.115. The smallest absolute Gasteiger partial charge is 0.258 e. The second-order valence-corrected chi connectivity index (χ2v) is 6.84. The standard InChI is InChI=1S/C21H21NO2S/c1-16(20-12-7-13-25-20)22-21(23)15-24-19-11-6-5-10-18(19)14-17-8-3-2-4-9-17/h2-13,16H,14-15H2,1H3,(H,22,23). The van der Waals surface area contributed by atoms with Gasteiger partial charge in [0.15, 0.2) is 6.61 Å².